The van der Waals surface area contributed by atoms with Gasteiger partial charge in [0.05, 0.1) is 11.2 Å². The minimum Gasteiger partial charge on any atom is -0.314 e. The average molecular weight is 305 g/mol. The number of nitrogens with zero attached hydrogens (tertiary/aromatic N) is 2. The maximum absolute atomic E-state index is 6.22. The molecular formula is C16H21ClN4. The molecule has 0 aliphatic heterocycles. The van der Waals surface area contributed by atoms with Gasteiger partial charge in [0, 0.05) is 36.3 Å². The molecule has 4 nitrogen and oxygen atoms in total. The Balaban J connectivity index is 1.35. The standard InChI is InChI=1S/C16H21ClN4/c1-16(2)10-5-9(6-11(10)16)19-4-3-13-15-12(17)7-18-8-14(15)21-20-13/h7-11,19H,3-6H2,1-2H3,(H,20,21)/t9?,10-,11+. The van der Waals surface area contributed by atoms with Gasteiger partial charge in [0.2, 0.25) is 0 Å². The highest BCUT2D eigenvalue weighted by Gasteiger charge is 2.61. The predicted molar refractivity (Wildman–Crippen MR) is 84.4 cm³/mol. The molecule has 2 aliphatic rings. The molecule has 0 spiro atoms. The number of nitrogens with one attached hydrogen (secondary N) is 2. The Bertz CT molecular complexity index is 664. The quantitative estimate of drug-likeness (QED) is 0.912. The van der Waals surface area contributed by atoms with E-state index in [4.69, 9.17) is 11.6 Å². The van der Waals surface area contributed by atoms with Crippen LogP contribution in [0.4, 0.5) is 0 Å². The van der Waals surface area contributed by atoms with E-state index < -0.39 is 0 Å². The fourth-order valence-electron chi connectivity index (χ4n) is 4.24. The smallest absolute Gasteiger partial charge is 0.112 e. The molecule has 0 saturated heterocycles. The molecule has 0 bridgehead atoms. The minimum absolute atomic E-state index is 0.609. The molecule has 2 fully saturated rings. The second kappa shape index (κ2) is 4.68. The second-order valence-corrected chi connectivity index (χ2v) is 7.53. The van der Waals surface area contributed by atoms with E-state index in [2.05, 4.69) is 34.3 Å². The second-order valence-electron chi connectivity index (χ2n) is 7.12. The highest BCUT2D eigenvalue weighted by molar-refractivity contribution is 6.35. The van der Waals surface area contributed by atoms with E-state index in [9.17, 15) is 0 Å². The molecular weight excluding hydrogens is 284 g/mol. The highest BCUT2D eigenvalue weighted by atomic mass is 35.5. The van der Waals surface area contributed by atoms with Gasteiger partial charge in [0.15, 0.2) is 0 Å². The van der Waals surface area contributed by atoms with Gasteiger partial charge < -0.3 is 5.32 Å². The summed E-state index contributed by atoms with van der Waals surface area (Å²) in [5.74, 6) is 1.90. The van der Waals surface area contributed by atoms with Crippen LogP contribution >= 0.6 is 11.6 Å². The molecule has 2 saturated carbocycles. The number of fused-ring (bicyclic) bond motifs is 2. The molecule has 2 aromatic rings. The van der Waals surface area contributed by atoms with Gasteiger partial charge in [0.1, 0.15) is 5.52 Å². The first-order chi connectivity index (χ1) is 10.1. The van der Waals surface area contributed by atoms with Crippen LogP contribution in [0.5, 0.6) is 0 Å². The number of hydrogen-bond acceptors (Lipinski definition) is 3. The lowest BCUT2D eigenvalue weighted by molar-refractivity contribution is 0.387. The van der Waals surface area contributed by atoms with E-state index in [0.29, 0.717) is 16.5 Å². The zero-order chi connectivity index (χ0) is 14.6. The Kier molecular flexibility index (Phi) is 3.02. The molecule has 2 aliphatic carbocycles. The van der Waals surface area contributed by atoms with E-state index in [1.807, 2.05) is 0 Å². The lowest BCUT2D eigenvalue weighted by atomic mass is 9.98. The van der Waals surface area contributed by atoms with Crippen molar-refractivity contribution in [1.82, 2.24) is 20.5 Å². The van der Waals surface area contributed by atoms with Crippen molar-refractivity contribution in [3.8, 4) is 0 Å². The number of halogens is 1. The summed E-state index contributed by atoms with van der Waals surface area (Å²) < 4.78 is 0. The minimum atomic E-state index is 0.609. The fourth-order valence-corrected chi connectivity index (χ4v) is 4.51. The number of hydrogen-bond donors (Lipinski definition) is 2. The Hall–Kier alpha value is -1.13. The zero-order valence-electron chi connectivity index (χ0n) is 12.5. The molecule has 2 aromatic heterocycles. The third-order valence-electron chi connectivity index (χ3n) is 5.67. The Morgan fingerprint density at radius 3 is 2.86 bits per heavy atom. The van der Waals surface area contributed by atoms with E-state index >= 15 is 0 Å². The van der Waals surface area contributed by atoms with Crippen LogP contribution < -0.4 is 5.32 Å². The Morgan fingerprint density at radius 2 is 2.10 bits per heavy atom. The maximum Gasteiger partial charge on any atom is 0.112 e. The first kappa shape index (κ1) is 13.5. The van der Waals surface area contributed by atoms with Crippen LogP contribution in [-0.2, 0) is 6.42 Å². The van der Waals surface area contributed by atoms with Crippen molar-refractivity contribution in [2.24, 2.45) is 17.3 Å². The van der Waals surface area contributed by atoms with E-state index in [1.165, 1.54) is 12.8 Å². The van der Waals surface area contributed by atoms with Crippen molar-refractivity contribution < 1.29 is 0 Å². The summed E-state index contributed by atoms with van der Waals surface area (Å²) in [6.07, 6.45) is 7.04. The van der Waals surface area contributed by atoms with E-state index in [0.717, 1.165) is 41.4 Å². The molecule has 21 heavy (non-hydrogen) atoms. The van der Waals surface area contributed by atoms with Gasteiger partial charge >= 0.3 is 0 Å². The maximum atomic E-state index is 6.22. The van der Waals surface area contributed by atoms with Gasteiger partial charge in [-0.05, 0) is 30.1 Å². The van der Waals surface area contributed by atoms with Gasteiger partial charge in [-0.25, -0.2) is 0 Å². The number of pyridine rings is 1. The van der Waals surface area contributed by atoms with Crippen LogP contribution in [0.1, 0.15) is 32.4 Å². The van der Waals surface area contributed by atoms with Crippen molar-refractivity contribution in [3.63, 3.8) is 0 Å². The van der Waals surface area contributed by atoms with Crippen LogP contribution in [0.25, 0.3) is 10.9 Å². The van der Waals surface area contributed by atoms with Gasteiger partial charge in [-0.2, -0.15) is 5.10 Å². The molecule has 3 atom stereocenters. The monoisotopic (exact) mass is 304 g/mol. The van der Waals surface area contributed by atoms with Gasteiger partial charge in [-0.1, -0.05) is 25.4 Å². The molecule has 0 aromatic carbocycles. The number of aromatic nitrogens is 3. The van der Waals surface area contributed by atoms with Crippen LogP contribution in [-0.4, -0.2) is 27.8 Å². The largest absolute Gasteiger partial charge is 0.314 e. The summed E-state index contributed by atoms with van der Waals surface area (Å²) in [5.41, 5.74) is 2.56. The Labute approximate surface area is 129 Å². The molecule has 2 heterocycles. The first-order valence-corrected chi connectivity index (χ1v) is 8.15. The highest BCUT2D eigenvalue weighted by Crippen LogP contribution is 2.66. The SMILES string of the molecule is CC1(C)[C@@H]2CC(NCCc3[nH]nc4cncc(Cl)c34)C[C@@H]21. The van der Waals surface area contributed by atoms with Gasteiger partial charge in [-0.15, -0.1) is 0 Å². The van der Waals surface area contributed by atoms with Crippen LogP contribution in [0.2, 0.25) is 5.02 Å². The van der Waals surface area contributed by atoms with E-state index in [1.54, 1.807) is 12.4 Å². The van der Waals surface area contributed by atoms with Crippen molar-refractivity contribution in [2.45, 2.75) is 39.2 Å². The fraction of sp³-hybridized carbons (Fsp3) is 0.625. The number of rotatable bonds is 4. The molecule has 5 heteroatoms. The van der Waals surface area contributed by atoms with Crippen LogP contribution in [0, 0.1) is 17.3 Å². The molecule has 0 radical (unpaired) electrons. The summed E-state index contributed by atoms with van der Waals surface area (Å²) in [5, 5.41) is 12.8. The molecule has 2 N–H and O–H groups in total. The van der Waals surface area contributed by atoms with Crippen molar-refractivity contribution in [2.75, 3.05) is 6.54 Å². The lowest BCUT2D eigenvalue weighted by Crippen LogP contribution is -2.31. The summed E-state index contributed by atoms with van der Waals surface area (Å²) in [6.45, 7) is 5.79. The molecule has 4 rings (SSSR count). The number of H-pyrrole nitrogens is 1. The van der Waals surface area contributed by atoms with Gasteiger partial charge in [-0.3, -0.25) is 10.1 Å². The molecule has 1 unspecified atom stereocenters. The zero-order valence-corrected chi connectivity index (χ0v) is 13.2. The van der Waals surface area contributed by atoms with Gasteiger partial charge in [0.25, 0.3) is 0 Å². The lowest BCUT2D eigenvalue weighted by Gasteiger charge is -2.18. The normalized spacial score (nSPS) is 29.8. The topological polar surface area (TPSA) is 53.6 Å². The summed E-state index contributed by atoms with van der Waals surface area (Å²) >= 11 is 6.22. The van der Waals surface area contributed by atoms with Crippen molar-refractivity contribution in [1.29, 1.82) is 0 Å². The van der Waals surface area contributed by atoms with Crippen LogP contribution in [0.15, 0.2) is 12.4 Å². The third-order valence-corrected chi connectivity index (χ3v) is 5.95. The first-order valence-electron chi connectivity index (χ1n) is 7.77. The average Bonchev–Trinajstić information content (AvgIpc) is 2.87. The molecule has 112 valence electrons. The van der Waals surface area contributed by atoms with Crippen LogP contribution in [0.3, 0.4) is 0 Å². The third kappa shape index (κ3) is 2.16. The summed E-state index contributed by atoms with van der Waals surface area (Å²) in [6, 6.07) is 0.694. The summed E-state index contributed by atoms with van der Waals surface area (Å²) in [7, 11) is 0. The van der Waals surface area contributed by atoms with Crippen molar-refractivity contribution >= 4 is 22.5 Å². The Morgan fingerprint density at radius 1 is 1.33 bits per heavy atom. The van der Waals surface area contributed by atoms with E-state index in [-0.39, 0.29) is 0 Å². The van der Waals surface area contributed by atoms with Crippen molar-refractivity contribution in [3.05, 3.63) is 23.1 Å². The number of aromatic amines is 1. The molecule has 0 amide bonds. The predicted octanol–water partition coefficient (Wildman–Crippen LogP) is 3.18. The summed E-state index contributed by atoms with van der Waals surface area (Å²) in [4.78, 5) is 4.07.